The average molecular weight is 303 g/mol. The molecule has 0 aromatic heterocycles. The standard InChI is InChI=1S/C14H11BrN2O/c15-12-4-3-11(8-16)14(7-12)17-9-10-1-5-13(18)6-2-10/h1-7,17-18H,9H2. The van der Waals surface area contributed by atoms with Crippen LogP contribution in [0.2, 0.25) is 0 Å². The summed E-state index contributed by atoms with van der Waals surface area (Å²) in [4.78, 5) is 0. The molecule has 2 rings (SSSR count). The van der Waals surface area contributed by atoms with Crippen LogP contribution in [0.15, 0.2) is 46.9 Å². The minimum Gasteiger partial charge on any atom is -0.508 e. The van der Waals surface area contributed by atoms with Crippen LogP contribution in [-0.2, 0) is 6.54 Å². The predicted octanol–water partition coefficient (Wildman–Crippen LogP) is 3.64. The summed E-state index contributed by atoms with van der Waals surface area (Å²) in [6, 6.07) is 14.6. The molecule has 4 heteroatoms. The molecule has 0 radical (unpaired) electrons. The molecule has 0 saturated carbocycles. The summed E-state index contributed by atoms with van der Waals surface area (Å²) in [5.74, 6) is 0.249. The van der Waals surface area contributed by atoms with E-state index in [1.165, 1.54) is 0 Å². The molecular weight excluding hydrogens is 292 g/mol. The van der Waals surface area contributed by atoms with Crippen molar-refractivity contribution < 1.29 is 5.11 Å². The molecule has 0 aliphatic carbocycles. The molecule has 0 aliphatic rings. The van der Waals surface area contributed by atoms with Gasteiger partial charge in [0.1, 0.15) is 11.8 Å². The summed E-state index contributed by atoms with van der Waals surface area (Å²) >= 11 is 3.38. The molecule has 0 fully saturated rings. The van der Waals surface area contributed by atoms with Crippen molar-refractivity contribution >= 4 is 21.6 Å². The molecular formula is C14H11BrN2O. The van der Waals surface area contributed by atoms with Crippen LogP contribution in [0, 0.1) is 11.3 Å². The van der Waals surface area contributed by atoms with E-state index >= 15 is 0 Å². The Morgan fingerprint density at radius 2 is 1.89 bits per heavy atom. The summed E-state index contributed by atoms with van der Waals surface area (Å²) in [5.41, 5.74) is 2.44. The van der Waals surface area contributed by atoms with Crippen LogP contribution in [0.4, 0.5) is 5.69 Å². The van der Waals surface area contributed by atoms with E-state index in [9.17, 15) is 5.11 Å². The van der Waals surface area contributed by atoms with Crippen molar-refractivity contribution in [3.8, 4) is 11.8 Å². The SMILES string of the molecule is N#Cc1ccc(Br)cc1NCc1ccc(O)cc1. The summed E-state index contributed by atoms with van der Waals surface area (Å²) < 4.78 is 0.926. The van der Waals surface area contributed by atoms with Crippen molar-refractivity contribution in [3.63, 3.8) is 0 Å². The van der Waals surface area contributed by atoms with Gasteiger partial charge in [-0.25, -0.2) is 0 Å². The lowest BCUT2D eigenvalue weighted by Gasteiger charge is -2.09. The maximum Gasteiger partial charge on any atom is 0.115 e. The van der Waals surface area contributed by atoms with Gasteiger partial charge in [0, 0.05) is 11.0 Å². The lowest BCUT2D eigenvalue weighted by Crippen LogP contribution is -2.01. The highest BCUT2D eigenvalue weighted by molar-refractivity contribution is 9.10. The van der Waals surface area contributed by atoms with Crippen LogP contribution in [0.3, 0.4) is 0 Å². The van der Waals surface area contributed by atoms with Gasteiger partial charge in [0.25, 0.3) is 0 Å². The zero-order chi connectivity index (χ0) is 13.0. The number of nitrogens with one attached hydrogen (secondary N) is 1. The molecule has 0 heterocycles. The summed E-state index contributed by atoms with van der Waals surface area (Å²) in [5, 5.41) is 21.4. The molecule has 2 N–H and O–H groups in total. The fourth-order valence-corrected chi connectivity index (χ4v) is 1.93. The van der Waals surface area contributed by atoms with Gasteiger partial charge < -0.3 is 10.4 Å². The van der Waals surface area contributed by atoms with E-state index in [0.29, 0.717) is 12.1 Å². The van der Waals surface area contributed by atoms with Gasteiger partial charge in [-0.3, -0.25) is 0 Å². The molecule has 0 saturated heterocycles. The van der Waals surface area contributed by atoms with Crippen LogP contribution < -0.4 is 5.32 Å². The van der Waals surface area contributed by atoms with E-state index in [-0.39, 0.29) is 5.75 Å². The molecule has 3 nitrogen and oxygen atoms in total. The van der Waals surface area contributed by atoms with Gasteiger partial charge in [0.2, 0.25) is 0 Å². The third-order valence-electron chi connectivity index (χ3n) is 2.52. The van der Waals surface area contributed by atoms with Crippen molar-refractivity contribution in [2.45, 2.75) is 6.54 Å². The van der Waals surface area contributed by atoms with E-state index in [0.717, 1.165) is 15.7 Å². The molecule has 18 heavy (non-hydrogen) atoms. The largest absolute Gasteiger partial charge is 0.508 e. The number of nitriles is 1. The minimum absolute atomic E-state index is 0.249. The quantitative estimate of drug-likeness (QED) is 0.910. The maximum atomic E-state index is 9.19. The van der Waals surface area contributed by atoms with Gasteiger partial charge in [0.15, 0.2) is 0 Å². The Morgan fingerprint density at radius 1 is 1.17 bits per heavy atom. The first-order valence-corrected chi connectivity index (χ1v) is 6.20. The van der Waals surface area contributed by atoms with Crippen LogP contribution in [0.25, 0.3) is 0 Å². The normalized spacial score (nSPS) is 9.78. The Labute approximate surface area is 114 Å². The number of nitrogens with zero attached hydrogens (tertiary/aromatic N) is 1. The van der Waals surface area contributed by atoms with Gasteiger partial charge in [0.05, 0.1) is 11.3 Å². The highest BCUT2D eigenvalue weighted by Gasteiger charge is 2.02. The molecule has 0 aliphatic heterocycles. The van der Waals surface area contributed by atoms with Crippen molar-refractivity contribution in [1.29, 1.82) is 5.26 Å². The number of halogens is 1. The highest BCUT2D eigenvalue weighted by atomic mass is 79.9. The van der Waals surface area contributed by atoms with Crippen molar-refractivity contribution in [2.75, 3.05) is 5.32 Å². The molecule has 0 spiro atoms. The monoisotopic (exact) mass is 302 g/mol. The average Bonchev–Trinajstić information content (AvgIpc) is 2.38. The highest BCUT2D eigenvalue weighted by Crippen LogP contribution is 2.21. The number of aromatic hydroxyl groups is 1. The molecule has 0 atom stereocenters. The van der Waals surface area contributed by atoms with E-state index in [1.54, 1.807) is 18.2 Å². The van der Waals surface area contributed by atoms with Crippen LogP contribution in [-0.4, -0.2) is 5.11 Å². The van der Waals surface area contributed by atoms with Gasteiger partial charge in [-0.05, 0) is 35.9 Å². The summed E-state index contributed by atoms with van der Waals surface area (Å²) in [6.07, 6.45) is 0. The van der Waals surface area contributed by atoms with Crippen molar-refractivity contribution in [2.24, 2.45) is 0 Å². The Morgan fingerprint density at radius 3 is 2.56 bits per heavy atom. The Balaban J connectivity index is 2.13. The van der Waals surface area contributed by atoms with Crippen LogP contribution in [0.5, 0.6) is 5.75 Å². The minimum atomic E-state index is 0.249. The molecule has 2 aromatic rings. The zero-order valence-electron chi connectivity index (χ0n) is 9.52. The van der Waals surface area contributed by atoms with E-state index in [4.69, 9.17) is 5.26 Å². The molecule has 0 bridgehead atoms. The number of hydrogen-bond donors (Lipinski definition) is 2. The molecule has 0 unspecified atom stereocenters. The summed E-state index contributed by atoms with van der Waals surface area (Å²) in [6.45, 7) is 0.603. The lowest BCUT2D eigenvalue weighted by atomic mass is 10.1. The first-order valence-electron chi connectivity index (χ1n) is 5.40. The second-order valence-electron chi connectivity index (χ2n) is 3.82. The molecule has 90 valence electrons. The smallest absolute Gasteiger partial charge is 0.115 e. The van der Waals surface area contributed by atoms with E-state index in [1.807, 2.05) is 24.3 Å². The summed E-state index contributed by atoms with van der Waals surface area (Å²) in [7, 11) is 0. The van der Waals surface area contributed by atoms with Gasteiger partial charge in [-0.15, -0.1) is 0 Å². The topological polar surface area (TPSA) is 56.0 Å². The van der Waals surface area contributed by atoms with Gasteiger partial charge >= 0.3 is 0 Å². The number of benzene rings is 2. The van der Waals surface area contributed by atoms with Crippen LogP contribution >= 0.6 is 15.9 Å². The second-order valence-corrected chi connectivity index (χ2v) is 4.74. The third kappa shape index (κ3) is 3.02. The Bertz CT molecular complexity index is 588. The lowest BCUT2D eigenvalue weighted by molar-refractivity contribution is 0.475. The number of phenolic OH excluding ortho intramolecular Hbond substituents is 1. The van der Waals surface area contributed by atoms with Crippen LogP contribution in [0.1, 0.15) is 11.1 Å². The Kier molecular flexibility index (Phi) is 3.85. The van der Waals surface area contributed by atoms with Gasteiger partial charge in [-0.2, -0.15) is 5.26 Å². The van der Waals surface area contributed by atoms with Crippen molar-refractivity contribution in [1.82, 2.24) is 0 Å². The van der Waals surface area contributed by atoms with Crippen molar-refractivity contribution in [3.05, 3.63) is 58.1 Å². The number of anilines is 1. The fourth-order valence-electron chi connectivity index (χ4n) is 1.57. The molecule has 0 amide bonds. The fraction of sp³-hybridized carbons (Fsp3) is 0.0714. The van der Waals surface area contributed by atoms with Gasteiger partial charge in [-0.1, -0.05) is 28.1 Å². The Hall–Kier alpha value is -1.99. The third-order valence-corrected chi connectivity index (χ3v) is 3.01. The van der Waals surface area contributed by atoms with E-state index in [2.05, 4.69) is 27.3 Å². The number of rotatable bonds is 3. The number of hydrogen-bond acceptors (Lipinski definition) is 3. The van der Waals surface area contributed by atoms with E-state index < -0.39 is 0 Å². The maximum absolute atomic E-state index is 9.19. The first kappa shape index (κ1) is 12.5. The zero-order valence-corrected chi connectivity index (χ0v) is 11.1. The molecule has 2 aromatic carbocycles. The number of phenols is 1. The predicted molar refractivity (Wildman–Crippen MR) is 74.3 cm³/mol. The first-order chi connectivity index (χ1) is 8.69. The second kappa shape index (κ2) is 5.56.